The van der Waals surface area contributed by atoms with Crippen LogP contribution >= 0.6 is 0 Å². The maximum absolute atomic E-state index is 9.50. The van der Waals surface area contributed by atoms with Crippen molar-refractivity contribution in [2.45, 2.75) is 0 Å². The molecule has 0 aromatic heterocycles. The third kappa shape index (κ3) is 3.04. The monoisotopic (exact) mass is 240 g/mol. The van der Waals surface area contributed by atoms with E-state index in [0.717, 1.165) is 44.4 Å². The molecule has 0 atom stereocenters. The Bertz CT molecular complexity index is 313. The summed E-state index contributed by atoms with van der Waals surface area (Å²) in [5.41, 5.74) is 1.91. The number of rotatable bonds is 4. The maximum Gasteiger partial charge on any atom is 0.0766 e. The lowest BCUT2D eigenvalue weighted by molar-refractivity contribution is -0.0685. The summed E-state index contributed by atoms with van der Waals surface area (Å²) in [7, 11) is 2.02. The molecule has 1 fully saturated rings. The molecule has 2 aliphatic rings. The Hall–Kier alpha value is -0.950. The average Bonchev–Trinajstić information content (AvgIpc) is 2.72. The van der Waals surface area contributed by atoms with Crippen molar-refractivity contribution in [2.24, 2.45) is 4.99 Å². The van der Waals surface area contributed by atoms with Gasteiger partial charge in [-0.25, -0.2) is 0 Å². The lowest BCUT2D eigenvalue weighted by atomic mass is 10.3. The molecule has 6 nitrogen and oxygen atoms in total. The van der Waals surface area contributed by atoms with Crippen molar-refractivity contribution in [3.05, 3.63) is 11.4 Å². The molecule has 0 aliphatic carbocycles. The van der Waals surface area contributed by atoms with E-state index in [1.165, 1.54) is 5.06 Å². The van der Waals surface area contributed by atoms with Crippen molar-refractivity contribution in [1.29, 1.82) is 0 Å². The minimum Gasteiger partial charge on any atom is -0.379 e. The Labute approximate surface area is 102 Å². The van der Waals surface area contributed by atoms with Gasteiger partial charge in [0, 0.05) is 20.1 Å². The first-order chi connectivity index (χ1) is 8.20. The number of hydrogen-bond donors (Lipinski definition) is 1. The first-order valence-corrected chi connectivity index (χ1v) is 5.84. The van der Waals surface area contributed by atoms with Crippen LogP contribution in [-0.2, 0) is 4.74 Å². The zero-order valence-corrected chi connectivity index (χ0v) is 10.3. The van der Waals surface area contributed by atoms with Crippen LogP contribution in [0.1, 0.15) is 0 Å². The molecule has 17 heavy (non-hydrogen) atoms. The standard InChI is InChI=1S/C11H20N4O2/c1-12-10-7-15(16)8-11(10)13(2)9-14-3-5-17-6-4-14/h16H,1,3-9H2,2H3. The first kappa shape index (κ1) is 12.5. The Morgan fingerprint density at radius 1 is 1.41 bits per heavy atom. The summed E-state index contributed by atoms with van der Waals surface area (Å²) >= 11 is 0. The van der Waals surface area contributed by atoms with E-state index in [0.29, 0.717) is 13.1 Å². The van der Waals surface area contributed by atoms with Gasteiger partial charge in [0.2, 0.25) is 0 Å². The highest BCUT2D eigenvalue weighted by atomic mass is 16.5. The molecule has 1 N–H and O–H groups in total. The Morgan fingerprint density at radius 3 is 2.76 bits per heavy atom. The van der Waals surface area contributed by atoms with Crippen LogP contribution in [0.5, 0.6) is 0 Å². The number of likely N-dealkylation sites (N-methyl/N-ethyl adjacent to an activating group) is 1. The topological polar surface area (TPSA) is 51.5 Å². The van der Waals surface area contributed by atoms with Gasteiger partial charge in [-0.1, -0.05) is 0 Å². The third-order valence-corrected chi connectivity index (χ3v) is 3.17. The van der Waals surface area contributed by atoms with E-state index in [2.05, 4.69) is 21.5 Å². The molecule has 0 amide bonds. The fraction of sp³-hybridized carbons (Fsp3) is 0.727. The largest absolute Gasteiger partial charge is 0.379 e. The molecular formula is C11H20N4O2. The molecule has 96 valence electrons. The summed E-state index contributed by atoms with van der Waals surface area (Å²) in [5, 5.41) is 10.8. The minimum absolute atomic E-state index is 0.465. The van der Waals surface area contributed by atoms with Gasteiger partial charge in [0.25, 0.3) is 0 Å². The van der Waals surface area contributed by atoms with Crippen molar-refractivity contribution < 1.29 is 9.94 Å². The van der Waals surface area contributed by atoms with Crippen LogP contribution in [0, 0.1) is 0 Å². The molecule has 2 heterocycles. The van der Waals surface area contributed by atoms with Gasteiger partial charge in [0.05, 0.1) is 44.4 Å². The van der Waals surface area contributed by atoms with Gasteiger partial charge in [-0.2, -0.15) is 5.06 Å². The van der Waals surface area contributed by atoms with Gasteiger partial charge in [-0.05, 0) is 6.72 Å². The normalized spacial score (nSPS) is 23.2. The highest BCUT2D eigenvalue weighted by Crippen LogP contribution is 2.19. The molecule has 0 spiro atoms. The molecule has 0 radical (unpaired) electrons. The summed E-state index contributed by atoms with van der Waals surface area (Å²) in [4.78, 5) is 8.44. The fourth-order valence-electron chi connectivity index (χ4n) is 2.19. The van der Waals surface area contributed by atoms with E-state index in [1.807, 2.05) is 7.05 Å². The van der Waals surface area contributed by atoms with Gasteiger partial charge in [0.15, 0.2) is 0 Å². The van der Waals surface area contributed by atoms with Crippen molar-refractivity contribution in [1.82, 2.24) is 14.9 Å². The van der Waals surface area contributed by atoms with E-state index in [-0.39, 0.29) is 0 Å². The van der Waals surface area contributed by atoms with Gasteiger partial charge >= 0.3 is 0 Å². The molecular weight excluding hydrogens is 220 g/mol. The van der Waals surface area contributed by atoms with Crippen LogP contribution in [-0.4, -0.2) is 79.9 Å². The second kappa shape index (κ2) is 5.59. The van der Waals surface area contributed by atoms with Crippen molar-refractivity contribution in [2.75, 3.05) is 53.1 Å². The van der Waals surface area contributed by atoms with Crippen LogP contribution in [0.4, 0.5) is 0 Å². The van der Waals surface area contributed by atoms with Gasteiger partial charge < -0.3 is 14.8 Å². The Kier molecular flexibility index (Phi) is 4.11. The first-order valence-electron chi connectivity index (χ1n) is 5.84. The number of morpholine rings is 1. The molecule has 2 aliphatic heterocycles. The highest BCUT2D eigenvalue weighted by Gasteiger charge is 2.24. The van der Waals surface area contributed by atoms with Crippen molar-refractivity contribution >= 4 is 6.72 Å². The summed E-state index contributed by atoms with van der Waals surface area (Å²) in [6, 6.07) is 0. The van der Waals surface area contributed by atoms with E-state index in [1.54, 1.807) is 0 Å². The predicted molar refractivity (Wildman–Crippen MR) is 65.0 cm³/mol. The maximum atomic E-state index is 9.50. The van der Waals surface area contributed by atoms with E-state index in [4.69, 9.17) is 4.74 Å². The number of hydroxylamine groups is 2. The summed E-state index contributed by atoms with van der Waals surface area (Å²) in [6.07, 6.45) is 0. The second-order valence-electron chi connectivity index (χ2n) is 4.44. The van der Waals surface area contributed by atoms with Crippen LogP contribution in [0.15, 0.2) is 16.4 Å². The molecule has 1 saturated heterocycles. The lowest BCUT2D eigenvalue weighted by Gasteiger charge is -2.32. The number of aliphatic imine (C=N–C) groups is 1. The molecule has 0 bridgehead atoms. The fourth-order valence-corrected chi connectivity index (χ4v) is 2.19. The van der Waals surface area contributed by atoms with Gasteiger partial charge in [-0.3, -0.25) is 9.89 Å². The SMILES string of the molecule is C=NC1=C(N(C)CN2CCOCC2)CN(O)C1. The Morgan fingerprint density at radius 2 is 2.12 bits per heavy atom. The molecule has 0 saturated carbocycles. The van der Waals surface area contributed by atoms with E-state index >= 15 is 0 Å². The molecule has 0 aromatic rings. The zero-order chi connectivity index (χ0) is 12.3. The lowest BCUT2D eigenvalue weighted by Crippen LogP contribution is -2.43. The van der Waals surface area contributed by atoms with E-state index in [9.17, 15) is 5.21 Å². The molecule has 0 aromatic carbocycles. The highest BCUT2D eigenvalue weighted by molar-refractivity contribution is 5.33. The summed E-state index contributed by atoms with van der Waals surface area (Å²) in [5.74, 6) is 0. The molecule has 2 rings (SSSR count). The number of ether oxygens (including phenoxy) is 1. The summed E-state index contributed by atoms with van der Waals surface area (Å²) in [6.45, 7) is 8.88. The molecule has 6 heteroatoms. The third-order valence-electron chi connectivity index (χ3n) is 3.17. The van der Waals surface area contributed by atoms with Crippen LogP contribution in [0.2, 0.25) is 0 Å². The number of nitrogens with zero attached hydrogens (tertiary/aromatic N) is 4. The minimum atomic E-state index is 0.465. The number of hydrogen-bond acceptors (Lipinski definition) is 6. The average molecular weight is 240 g/mol. The zero-order valence-electron chi connectivity index (χ0n) is 10.3. The van der Waals surface area contributed by atoms with Crippen molar-refractivity contribution in [3.63, 3.8) is 0 Å². The van der Waals surface area contributed by atoms with Gasteiger partial charge in [0.1, 0.15) is 0 Å². The van der Waals surface area contributed by atoms with Crippen LogP contribution in [0.3, 0.4) is 0 Å². The second-order valence-corrected chi connectivity index (χ2v) is 4.44. The van der Waals surface area contributed by atoms with Crippen LogP contribution < -0.4 is 0 Å². The quantitative estimate of drug-likeness (QED) is 0.691. The van der Waals surface area contributed by atoms with Crippen molar-refractivity contribution in [3.8, 4) is 0 Å². The van der Waals surface area contributed by atoms with Gasteiger partial charge in [-0.15, -0.1) is 0 Å². The van der Waals surface area contributed by atoms with Crippen LogP contribution in [0.25, 0.3) is 0 Å². The summed E-state index contributed by atoms with van der Waals surface area (Å²) < 4.78 is 5.32. The predicted octanol–water partition coefficient (Wildman–Crippen LogP) is -0.175. The Balaban J connectivity index is 1.94. The molecule has 0 unspecified atom stereocenters. The van der Waals surface area contributed by atoms with E-state index < -0.39 is 0 Å². The smallest absolute Gasteiger partial charge is 0.0766 e.